The lowest BCUT2D eigenvalue weighted by Gasteiger charge is -2.09. The summed E-state index contributed by atoms with van der Waals surface area (Å²) in [5.74, 6) is 0.0814. The van der Waals surface area contributed by atoms with Gasteiger partial charge in [-0.3, -0.25) is 4.72 Å². The van der Waals surface area contributed by atoms with E-state index in [1.165, 1.54) is 0 Å². The Labute approximate surface area is 107 Å². The molecule has 0 saturated heterocycles. The van der Waals surface area contributed by atoms with Crippen LogP contribution < -0.4 is 10.0 Å². The highest BCUT2D eigenvalue weighted by Crippen LogP contribution is 2.23. The molecule has 17 heavy (non-hydrogen) atoms. The Balaban J connectivity index is 2.69. The highest BCUT2D eigenvalue weighted by molar-refractivity contribution is 7.92. The Morgan fingerprint density at radius 2 is 2.06 bits per heavy atom. The van der Waals surface area contributed by atoms with E-state index in [9.17, 15) is 8.42 Å². The van der Waals surface area contributed by atoms with Gasteiger partial charge in [-0.05, 0) is 44.6 Å². The number of hydrogen-bond acceptors (Lipinski definition) is 3. The van der Waals surface area contributed by atoms with E-state index in [1.807, 2.05) is 13.0 Å². The summed E-state index contributed by atoms with van der Waals surface area (Å²) in [6.45, 7) is 2.57. The molecule has 1 aromatic carbocycles. The summed E-state index contributed by atoms with van der Waals surface area (Å²) in [6, 6.07) is 5.22. The highest BCUT2D eigenvalue weighted by atomic mass is 35.5. The second-order valence-corrected chi connectivity index (χ2v) is 6.11. The van der Waals surface area contributed by atoms with E-state index < -0.39 is 10.0 Å². The third-order valence-electron chi connectivity index (χ3n) is 2.23. The van der Waals surface area contributed by atoms with Crippen molar-refractivity contribution in [2.24, 2.45) is 0 Å². The molecule has 0 aliphatic rings. The molecule has 0 spiro atoms. The van der Waals surface area contributed by atoms with Crippen LogP contribution in [0, 0.1) is 6.92 Å². The number of benzene rings is 1. The minimum Gasteiger partial charge on any atom is -0.320 e. The van der Waals surface area contributed by atoms with Crippen LogP contribution in [0.2, 0.25) is 5.02 Å². The molecule has 0 amide bonds. The molecule has 0 heterocycles. The van der Waals surface area contributed by atoms with Crippen molar-refractivity contribution in [3.05, 3.63) is 28.8 Å². The van der Waals surface area contributed by atoms with E-state index in [2.05, 4.69) is 10.0 Å². The largest absolute Gasteiger partial charge is 0.320 e. The minimum atomic E-state index is -3.32. The standard InChI is InChI=1S/C11H17ClN2O2S/c1-9-4-5-11(10(12)8-9)14-17(15,16)7-3-6-13-2/h4-5,8,13-14H,3,6-7H2,1-2H3. The van der Waals surface area contributed by atoms with E-state index in [0.29, 0.717) is 23.7 Å². The van der Waals surface area contributed by atoms with Gasteiger partial charge in [0, 0.05) is 0 Å². The molecule has 0 saturated carbocycles. The zero-order valence-corrected chi connectivity index (χ0v) is 11.5. The SMILES string of the molecule is CNCCCS(=O)(=O)Nc1ccc(C)cc1Cl. The number of sulfonamides is 1. The van der Waals surface area contributed by atoms with E-state index in [1.54, 1.807) is 19.2 Å². The average Bonchev–Trinajstić information content (AvgIpc) is 2.22. The van der Waals surface area contributed by atoms with Gasteiger partial charge < -0.3 is 5.32 Å². The Hall–Kier alpha value is -0.780. The van der Waals surface area contributed by atoms with Gasteiger partial charge in [0.1, 0.15) is 0 Å². The van der Waals surface area contributed by atoms with Gasteiger partial charge in [0.15, 0.2) is 0 Å². The van der Waals surface area contributed by atoms with Crippen molar-refractivity contribution in [1.29, 1.82) is 0 Å². The van der Waals surface area contributed by atoms with Crippen molar-refractivity contribution in [2.75, 3.05) is 24.1 Å². The summed E-state index contributed by atoms with van der Waals surface area (Å²) in [5, 5.41) is 3.32. The zero-order valence-electron chi connectivity index (χ0n) is 9.96. The molecule has 4 nitrogen and oxygen atoms in total. The molecule has 0 atom stereocenters. The fraction of sp³-hybridized carbons (Fsp3) is 0.455. The van der Waals surface area contributed by atoms with Crippen LogP contribution in [0.1, 0.15) is 12.0 Å². The molecule has 2 N–H and O–H groups in total. The Morgan fingerprint density at radius 1 is 1.35 bits per heavy atom. The molecule has 0 radical (unpaired) electrons. The number of anilines is 1. The lowest BCUT2D eigenvalue weighted by molar-refractivity contribution is 0.597. The van der Waals surface area contributed by atoms with Gasteiger partial charge in [-0.2, -0.15) is 0 Å². The first-order valence-corrected chi connectivity index (χ1v) is 7.39. The van der Waals surface area contributed by atoms with Gasteiger partial charge in [0.2, 0.25) is 10.0 Å². The summed E-state index contributed by atoms with van der Waals surface area (Å²) >= 11 is 5.96. The summed E-state index contributed by atoms with van der Waals surface area (Å²) < 4.78 is 25.9. The first kappa shape index (κ1) is 14.3. The summed E-state index contributed by atoms with van der Waals surface area (Å²) in [6.07, 6.45) is 0.565. The Bertz CT molecular complexity index is 474. The monoisotopic (exact) mass is 276 g/mol. The molecular weight excluding hydrogens is 260 g/mol. The van der Waals surface area contributed by atoms with E-state index in [0.717, 1.165) is 5.56 Å². The van der Waals surface area contributed by atoms with Crippen LogP contribution in [0.4, 0.5) is 5.69 Å². The van der Waals surface area contributed by atoms with Gasteiger partial charge in [-0.25, -0.2) is 8.42 Å². The third-order valence-corrected chi connectivity index (χ3v) is 3.90. The molecular formula is C11H17ClN2O2S. The molecule has 0 aliphatic carbocycles. The van der Waals surface area contributed by atoms with Gasteiger partial charge in [-0.1, -0.05) is 17.7 Å². The predicted molar refractivity (Wildman–Crippen MR) is 72.1 cm³/mol. The van der Waals surface area contributed by atoms with Crippen molar-refractivity contribution < 1.29 is 8.42 Å². The lowest BCUT2D eigenvalue weighted by Crippen LogP contribution is -2.20. The van der Waals surface area contributed by atoms with Crippen LogP contribution >= 0.6 is 11.6 Å². The second-order valence-electron chi connectivity index (χ2n) is 3.86. The maximum atomic E-state index is 11.7. The van der Waals surface area contributed by atoms with Gasteiger partial charge >= 0.3 is 0 Å². The number of rotatable bonds is 6. The van der Waals surface area contributed by atoms with Crippen LogP contribution in [0.3, 0.4) is 0 Å². The molecule has 0 bridgehead atoms. The molecule has 0 aliphatic heterocycles. The van der Waals surface area contributed by atoms with Crippen molar-refractivity contribution in [2.45, 2.75) is 13.3 Å². The number of halogens is 1. The fourth-order valence-corrected chi connectivity index (χ4v) is 2.84. The zero-order chi connectivity index (χ0) is 12.9. The van der Waals surface area contributed by atoms with Crippen molar-refractivity contribution in [3.63, 3.8) is 0 Å². The second kappa shape index (κ2) is 6.23. The number of hydrogen-bond donors (Lipinski definition) is 2. The Kier molecular flexibility index (Phi) is 5.24. The first-order valence-electron chi connectivity index (χ1n) is 5.36. The smallest absolute Gasteiger partial charge is 0.232 e. The average molecular weight is 277 g/mol. The summed E-state index contributed by atoms with van der Waals surface area (Å²) in [4.78, 5) is 0. The molecule has 96 valence electrons. The van der Waals surface area contributed by atoms with Crippen LogP contribution in [-0.2, 0) is 10.0 Å². The van der Waals surface area contributed by atoms with Crippen LogP contribution in [0.15, 0.2) is 18.2 Å². The van der Waals surface area contributed by atoms with Crippen LogP contribution in [0.25, 0.3) is 0 Å². The van der Waals surface area contributed by atoms with E-state index in [-0.39, 0.29) is 5.75 Å². The molecule has 0 aromatic heterocycles. The fourth-order valence-electron chi connectivity index (χ4n) is 1.36. The number of nitrogens with one attached hydrogen (secondary N) is 2. The summed E-state index contributed by atoms with van der Waals surface area (Å²) in [7, 11) is -1.53. The molecule has 0 fully saturated rings. The predicted octanol–water partition coefficient (Wildman–Crippen LogP) is 2.00. The van der Waals surface area contributed by atoms with Gasteiger partial charge in [0.05, 0.1) is 16.5 Å². The van der Waals surface area contributed by atoms with Gasteiger partial charge in [-0.15, -0.1) is 0 Å². The molecule has 6 heteroatoms. The normalized spacial score (nSPS) is 11.5. The summed E-state index contributed by atoms with van der Waals surface area (Å²) in [5.41, 5.74) is 1.43. The van der Waals surface area contributed by atoms with Crippen LogP contribution in [0.5, 0.6) is 0 Å². The van der Waals surface area contributed by atoms with Crippen molar-refractivity contribution in [3.8, 4) is 0 Å². The minimum absolute atomic E-state index is 0.0814. The maximum absolute atomic E-state index is 11.7. The van der Waals surface area contributed by atoms with Gasteiger partial charge in [0.25, 0.3) is 0 Å². The lowest BCUT2D eigenvalue weighted by atomic mass is 10.2. The molecule has 1 aromatic rings. The van der Waals surface area contributed by atoms with Crippen molar-refractivity contribution >= 4 is 27.3 Å². The number of aryl methyl sites for hydroxylation is 1. The van der Waals surface area contributed by atoms with Crippen LogP contribution in [-0.4, -0.2) is 27.8 Å². The van der Waals surface area contributed by atoms with Crippen molar-refractivity contribution in [1.82, 2.24) is 5.32 Å². The molecule has 0 unspecified atom stereocenters. The quantitative estimate of drug-likeness (QED) is 0.782. The van der Waals surface area contributed by atoms with E-state index in [4.69, 9.17) is 11.6 Å². The highest BCUT2D eigenvalue weighted by Gasteiger charge is 2.11. The third kappa shape index (κ3) is 4.93. The Morgan fingerprint density at radius 3 is 2.65 bits per heavy atom. The first-order chi connectivity index (χ1) is 7.94. The topological polar surface area (TPSA) is 58.2 Å². The maximum Gasteiger partial charge on any atom is 0.232 e. The molecule has 1 rings (SSSR count). The van der Waals surface area contributed by atoms with E-state index >= 15 is 0 Å².